The lowest BCUT2D eigenvalue weighted by Gasteiger charge is -2.21. The lowest BCUT2D eigenvalue weighted by atomic mass is 9.93. The van der Waals surface area contributed by atoms with Crippen LogP contribution in [0.3, 0.4) is 0 Å². The van der Waals surface area contributed by atoms with E-state index in [0.29, 0.717) is 0 Å². The van der Waals surface area contributed by atoms with E-state index < -0.39 is 0 Å². The summed E-state index contributed by atoms with van der Waals surface area (Å²) in [6, 6.07) is 0. The number of ether oxygens (including phenoxy) is 2. The third-order valence-corrected chi connectivity index (χ3v) is 6.09. The summed E-state index contributed by atoms with van der Waals surface area (Å²) in [6.45, 7) is 9.57. The molecule has 0 aliphatic heterocycles. The topological polar surface area (TPSA) is 52.1 Å². The van der Waals surface area contributed by atoms with Crippen molar-refractivity contribution in [1.82, 2.24) is 14.5 Å². The summed E-state index contributed by atoms with van der Waals surface area (Å²) >= 11 is 0. The van der Waals surface area contributed by atoms with E-state index in [0.717, 1.165) is 66.2 Å². The van der Waals surface area contributed by atoms with Crippen molar-refractivity contribution in [3.05, 3.63) is 46.4 Å². The second-order valence-corrected chi connectivity index (χ2v) is 8.35. The molecule has 0 saturated heterocycles. The fourth-order valence-electron chi connectivity index (χ4n) is 4.41. The Kier molecular flexibility index (Phi) is 5.72. The third-order valence-electron chi connectivity index (χ3n) is 6.09. The summed E-state index contributed by atoms with van der Waals surface area (Å²) in [5, 5.41) is 4.89. The molecule has 2 aromatic heterocycles. The number of fused-ring (bicyclic) bond motifs is 1. The van der Waals surface area contributed by atoms with Crippen molar-refractivity contribution >= 4 is 5.71 Å². The zero-order chi connectivity index (χ0) is 20.5. The Morgan fingerprint density at radius 3 is 2.69 bits per heavy atom. The molecular weight excluding hydrogens is 366 g/mol. The molecule has 4 rings (SSSR count). The minimum atomic E-state index is 0.0745. The standard InChI is InChI=1S/C23H33N3O3/c1-6-11-25(13-17-7-8-17)14-20-15(2)24-26-22(16(3)29-23(20)26)19-10-9-18(27-4)12-21(19)28-5/h9,12,17,19H,6-8,10-11,13-14H2,1-5H3. The van der Waals surface area contributed by atoms with Gasteiger partial charge in [-0.15, -0.1) is 0 Å². The first kappa shape index (κ1) is 20.1. The molecule has 2 aliphatic rings. The predicted octanol–water partition coefficient (Wildman–Crippen LogP) is 4.71. The highest BCUT2D eigenvalue weighted by molar-refractivity contribution is 5.51. The van der Waals surface area contributed by atoms with Crippen LogP contribution in [-0.4, -0.2) is 41.8 Å². The van der Waals surface area contributed by atoms with E-state index >= 15 is 0 Å². The maximum Gasteiger partial charge on any atom is 0.226 e. The molecule has 2 aromatic rings. The maximum atomic E-state index is 6.29. The Bertz CT molecular complexity index is 933. The van der Waals surface area contributed by atoms with Gasteiger partial charge in [0.05, 0.1) is 37.1 Å². The van der Waals surface area contributed by atoms with Crippen molar-refractivity contribution in [2.45, 2.75) is 58.9 Å². The van der Waals surface area contributed by atoms with Crippen LogP contribution >= 0.6 is 0 Å². The monoisotopic (exact) mass is 399 g/mol. The van der Waals surface area contributed by atoms with E-state index in [1.54, 1.807) is 14.2 Å². The molecule has 0 bridgehead atoms. The fraction of sp³-hybridized carbons (Fsp3) is 0.609. The van der Waals surface area contributed by atoms with Crippen LogP contribution in [0, 0.1) is 19.8 Å². The second kappa shape index (κ2) is 8.27. The molecule has 1 unspecified atom stereocenters. The van der Waals surface area contributed by atoms with Gasteiger partial charge in [0.25, 0.3) is 0 Å². The van der Waals surface area contributed by atoms with Gasteiger partial charge in [0.2, 0.25) is 5.71 Å². The average molecular weight is 400 g/mol. The summed E-state index contributed by atoms with van der Waals surface area (Å²) in [5.41, 5.74) is 4.20. The van der Waals surface area contributed by atoms with Gasteiger partial charge in [-0.25, -0.2) is 4.52 Å². The van der Waals surface area contributed by atoms with Crippen molar-refractivity contribution in [3.8, 4) is 0 Å². The molecule has 6 heteroatoms. The zero-order valence-electron chi connectivity index (χ0n) is 18.3. The number of methoxy groups -OCH3 is 2. The Morgan fingerprint density at radius 2 is 2.03 bits per heavy atom. The smallest absolute Gasteiger partial charge is 0.226 e. The molecule has 1 fully saturated rings. The molecule has 1 saturated carbocycles. The van der Waals surface area contributed by atoms with E-state index in [2.05, 4.69) is 24.8 Å². The van der Waals surface area contributed by atoms with Crippen LogP contribution in [0.5, 0.6) is 0 Å². The quantitative estimate of drug-likeness (QED) is 0.611. The molecule has 2 aliphatic carbocycles. The summed E-state index contributed by atoms with van der Waals surface area (Å²) in [5.74, 6) is 3.57. The number of nitrogens with zero attached hydrogens (tertiary/aromatic N) is 3. The van der Waals surface area contributed by atoms with Crippen LogP contribution in [0.15, 0.2) is 28.1 Å². The van der Waals surface area contributed by atoms with E-state index in [1.165, 1.54) is 24.9 Å². The number of hydrogen-bond donors (Lipinski definition) is 0. The molecule has 6 nitrogen and oxygen atoms in total. The fourth-order valence-corrected chi connectivity index (χ4v) is 4.41. The van der Waals surface area contributed by atoms with Crippen LogP contribution in [0.1, 0.15) is 61.2 Å². The van der Waals surface area contributed by atoms with E-state index in [-0.39, 0.29) is 5.92 Å². The minimum absolute atomic E-state index is 0.0745. The number of aryl methyl sites for hydroxylation is 2. The molecule has 158 valence electrons. The van der Waals surface area contributed by atoms with Crippen molar-refractivity contribution in [3.63, 3.8) is 0 Å². The predicted molar refractivity (Wildman–Crippen MR) is 113 cm³/mol. The Balaban J connectivity index is 1.67. The molecule has 0 amide bonds. The number of rotatable bonds is 9. The first-order valence-corrected chi connectivity index (χ1v) is 10.7. The number of oxazole rings is 1. The summed E-state index contributed by atoms with van der Waals surface area (Å²) in [7, 11) is 3.40. The van der Waals surface area contributed by atoms with Gasteiger partial charge in [-0.3, -0.25) is 4.90 Å². The van der Waals surface area contributed by atoms with Gasteiger partial charge in [0.1, 0.15) is 17.3 Å². The van der Waals surface area contributed by atoms with Gasteiger partial charge in [0.15, 0.2) is 0 Å². The van der Waals surface area contributed by atoms with E-state index in [4.69, 9.17) is 19.0 Å². The van der Waals surface area contributed by atoms with Crippen LogP contribution in [0.25, 0.3) is 5.71 Å². The number of hydrogen-bond acceptors (Lipinski definition) is 5. The van der Waals surface area contributed by atoms with Crippen LogP contribution in [-0.2, 0) is 16.0 Å². The average Bonchev–Trinajstić information content (AvgIpc) is 3.41. The van der Waals surface area contributed by atoms with Gasteiger partial charge in [-0.2, -0.15) is 5.10 Å². The van der Waals surface area contributed by atoms with Gasteiger partial charge in [0, 0.05) is 19.2 Å². The molecule has 0 aromatic carbocycles. The highest BCUT2D eigenvalue weighted by Gasteiger charge is 2.31. The van der Waals surface area contributed by atoms with Crippen LogP contribution in [0.4, 0.5) is 0 Å². The summed E-state index contributed by atoms with van der Waals surface area (Å²) in [4.78, 5) is 2.56. The molecule has 0 radical (unpaired) electrons. The minimum Gasteiger partial charge on any atom is -0.500 e. The van der Waals surface area contributed by atoms with Gasteiger partial charge < -0.3 is 13.9 Å². The lowest BCUT2D eigenvalue weighted by Crippen LogP contribution is -2.26. The highest BCUT2D eigenvalue weighted by Crippen LogP contribution is 2.38. The highest BCUT2D eigenvalue weighted by atomic mass is 16.5. The first-order valence-electron chi connectivity index (χ1n) is 10.7. The molecule has 0 N–H and O–H groups in total. The van der Waals surface area contributed by atoms with Crippen molar-refractivity contribution in [2.24, 2.45) is 5.92 Å². The number of aromatic nitrogens is 2. The van der Waals surface area contributed by atoms with Crippen LogP contribution in [0.2, 0.25) is 0 Å². The summed E-state index contributed by atoms with van der Waals surface area (Å²) < 4.78 is 19.4. The Hall–Kier alpha value is -2.21. The maximum absolute atomic E-state index is 6.29. The lowest BCUT2D eigenvalue weighted by molar-refractivity contribution is 0.244. The Labute approximate surface area is 173 Å². The zero-order valence-corrected chi connectivity index (χ0v) is 18.3. The van der Waals surface area contributed by atoms with Gasteiger partial charge >= 0.3 is 0 Å². The van der Waals surface area contributed by atoms with Crippen molar-refractivity contribution in [1.29, 1.82) is 0 Å². The summed E-state index contributed by atoms with van der Waals surface area (Å²) in [6.07, 6.45) is 8.77. The second-order valence-electron chi connectivity index (χ2n) is 8.35. The molecule has 1 atom stereocenters. The molecule has 2 heterocycles. The first-order chi connectivity index (χ1) is 14.0. The molecule has 0 spiro atoms. The van der Waals surface area contributed by atoms with Gasteiger partial charge in [-0.1, -0.05) is 6.92 Å². The SMILES string of the molecule is CCCN(Cc1c(C)nn2c(C3CC=C(OC)C=C3OC)c(C)oc12)CC1CC1. The number of allylic oxidation sites excluding steroid dienone is 3. The Morgan fingerprint density at radius 1 is 1.24 bits per heavy atom. The van der Waals surface area contributed by atoms with Gasteiger partial charge in [-0.05, 0) is 58.1 Å². The third kappa shape index (κ3) is 3.95. The molecular formula is C23H33N3O3. The normalized spacial score (nSPS) is 19.6. The largest absolute Gasteiger partial charge is 0.500 e. The van der Waals surface area contributed by atoms with E-state index in [9.17, 15) is 0 Å². The van der Waals surface area contributed by atoms with E-state index in [1.807, 2.05) is 17.5 Å². The van der Waals surface area contributed by atoms with Crippen LogP contribution < -0.4 is 0 Å². The van der Waals surface area contributed by atoms with Crippen molar-refractivity contribution < 1.29 is 13.9 Å². The molecule has 29 heavy (non-hydrogen) atoms. The van der Waals surface area contributed by atoms with Crippen molar-refractivity contribution in [2.75, 3.05) is 27.3 Å².